The molecule has 0 saturated carbocycles. The minimum Gasteiger partial charge on any atom is -0.366 e. The molecular formula is C18H22N2O2S. The molecule has 0 saturated heterocycles. The molecule has 1 aliphatic heterocycles. The standard InChI is InChI=1S/C18H22N2O2S/c1-15(2)19-12-13-20(18-11-7-6-10-17(18)19)23(21,22)14-16-8-4-3-5-9-16/h3-11,15H,12-14H2,1-2H3. The number of fused-ring (bicyclic) bond motifs is 1. The van der Waals surface area contributed by atoms with Crippen LogP contribution in [0.25, 0.3) is 0 Å². The Balaban J connectivity index is 1.95. The number of rotatable bonds is 4. The van der Waals surface area contributed by atoms with Crippen molar-refractivity contribution in [3.8, 4) is 0 Å². The lowest BCUT2D eigenvalue weighted by Gasteiger charge is -2.40. The van der Waals surface area contributed by atoms with Crippen LogP contribution in [-0.4, -0.2) is 27.5 Å². The van der Waals surface area contributed by atoms with Gasteiger partial charge in [-0.2, -0.15) is 0 Å². The normalized spacial score (nSPS) is 14.9. The molecule has 3 rings (SSSR count). The van der Waals surface area contributed by atoms with Gasteiger partial charge in [0.25, 0.3) is 0 Å². The molecular weight excluding hydrogens is 308 g/mol. The lowest BCUT2D eigenvalue weighted by molar-refractivity contribution is 0.584. The number of para-hydroxylation sites is 2. The first-order chi connectivity index (χ1) is 11.0. The smallest absolute Gasteiger partial charge is 0.239 e. The topological polar surface area (TPSA) is 40.6 Å². The molecule has 2 aromatic carbocycles. The number of hydrogen-bond acceptors (Lipinski definition) is 3. The molecule has 0 amide bonds. The first-order valence-corrected chi connectivity index (χ1v) is 9.50. The molecule has 0 radical (unpaired) electrons. The van der Waals surface area contributed by atoms with Gasteiger partial charge in [0, 0.05) is 12.6 Å². The summed E-state index contributed by atoms with van der Waals surface area (Å²) in [6, 6.07) is 17.4. The van der Waals surface area contributed by atoms with Crippen LogP contribution in [-0.2, 0) is 15.8 Å². The summed E-state index contributed by atoms with van der Waals surface area (Å²) in [6.45, 7) is 5.46. The van der Waals surface area contributed by atoms with Gasteiger partial charge in [0.2, 0.25) is 10.0 Å². The monoisotopic (exact) mass is 330 g/mol. The molecule has 0 fully saturated rings. The van der Waals surface area contributed by atoms with Gasteiger partial charge in [0.15, 0.2) is 0 Å². The van der Waals surface area contributed by atoms with Crippen molar-refractivity contribution in [2.45, 2.75) is 25.6 Å². The van der Waals surface area contributed by atoms with Gasteiger partial charge in [0.05, 0.1) is 23.7 Å². The summed E-state index contributed by atoms with van der Waals surface area (Å²) < 4.78 is 27.4. The summed E-state index contributed by atoms with van der Waals surface area (Å²) >= 11 is 0. The lowest BCUT2D eigenvalue weighted by atomic mass is 10.1. The molecule has 0 aliphatic carbocycles. The van der Waals surface area contributed by atoms with Crippen LogP contribution in [0, 0.1) is 0 Å². The van der Waals surface area contributed by atoms with Crippen LogP contribution in [0.1, 0.15) is 19.4 Å². The van der Waals surface area contributed by atoms with Crippen molar-refractivity contribution in [3.63, 3.8) is 0 Å². The van der Waals surface area contributed by atoms with E-state index in [1.807, 2.05) is 54.6 Å². The van der Waals surface area contributed by atoms with Crippen molar-refractivity contribution < 1.29 is 8.42 Å². The van der Waals surface area contributed by atoms with Crippen molar-refractivity contribution in [3.05, 3.63) is 60.2 Å². The van der Waals surface area contributed by atoms with Gasteiger partial charge >= 0.3 is 0 Å². The third kappa shape index (κ3) is 3.20. The van der Waals surface area contributed by atoms with Gasteiger partial charge in [-0.1, -0.05) is 42.5 Å². The molecule has 1 aliphatic rings. The largest absolute Gasteiger partial charge is 0.366 e. The number of nitrogens with zero attached hydrogens (tertiary/aromatic N) is 2. The minimum absolute atomic E-state index is 0.0316. The molecule has 2 aromatic rings. The molecule has 4 nitrogen and oxygen atoms in total. The highest BCUT2D eigenvalue weighted by Crippen LogP contribution is 2.36. The van der Waals surface area contributed by atoms with Crippen molar-refractivity contribution >= 4 is 21.4 Å². The van der Waals surface area contributed by atoms with Crippen LogP contribution < -0.4 is 9.21 Å². The fourth-order valence-corrected chi connectivity index (χ4v) is 4.63. The van der Waals surface area contributed by atoms with Crippen LogP contribution in [0.4, 0.5) is 11.4 Å². The molecule has 23 heavy (non-hydrogen) atoms. The highest BCUT2D eigenvalue weighted by molar-refractivity contribution is 7.92. The lowest BCUT2D eigenvalue weighted by Crippen LogP contribution is -2.46. The Morgan fingerprint density at radius 2 is 1.52 bits per heavy atom. The molecule has 122 valence electrons. The zero-order valence-corrected chi connectivity index (χ0v) is 14.3. The number of anilines is 2. The van der Waals surface area contributed by atoms with E-state index >= 15 is 0 Å². The molecule has 0 N–H and O–H groups in total. The maximum absolute atomic E-state index is 12.9. The first-order valence-electron chi connectivity index (χ1n) is 7.89. The predicted molar refractivity (Wildman–Crippen MR) is 95.3 cm³/mol. The van der Waals surface area contributed by atoms with E-state index in [-0.39, 0.29) is 5.75 Å². The predicted octanol–water partition coefficient (Wildman–Crippen LogP) is 3.25. The summed E-state index contributed by atoms with van der Waals surface area (Å²) in [6.07, 6.45) is 0. The van der Waals surface area contributed by atoms with Gasteiger partial charge in [-0.15, -0.1) is 0 Å². The zero-order chi connectivity index (χ0) is 16.4. The van der Waals surface area contributed by atoms with Crippen molar-refractivity contribution in [2.24, 2.45) is 0 Å². The Morgan fingerprint density at radius 1 is 0.913 bits per heavy atom. The summed E-state index contributed by atoms with van der Waals surface area (Å²) in [5.41, 5.74) is 2.59. The molecule has 0 bridgehead atoms. The molecule has 0 aromatic heterocycles. The molecule has 5 heteroatoms. The molecule has 0 atom stereocenters. The van der Waals surface area contributed by atoms with E-state index in [9.17, 15) is 8.42 Å². The SMILES string of the molecule is CC(C)N1CCN(S(=O)(=O)Cc2ccccc2)c2ccccc21. The van der Waals surface area contributed by atoms with Crippen LogP contribution in [0.15, 0.2) is 54.6 Å². The van der Waals surface area contributed by atoms with Gasteiger partial charge in [-0.3, -0.25) is 4.31 Å². The number of sulfonamides is 1. The van der Waals surface area contributed by atoms with Crippen molar-refractivity contribution in [2.75, 3.05) is 22.3 Å². The Morgan fingerprint density at radius 3 is 2.17 bits per heavy atom. The van der Waals surface area contributed by atoms with E-state index in [1.165, 1.54) is 0 Å². The Hall–Kier alpha value is -2.01. The van der Waals surface area contributed by atoms with Crippen LogP contribution >= 0.6 is 0 Å². The molecule has 0 unspecified atom stereocenters. The van der Waals surface area contributed by atoms with E-state index in [1.54, 1.807) is 4.31 Å². The highest BCUT2D eigenvalue weighted by atomic mass is 32.2. The summed E-state index contributed by atoms with van der Waals surface area (Å²) in [7, 11) is -3.39. The quantitative estimate of drug-likeness (QED) is 0.864. The third-order valence-corrected chi connectivity index (χ3v) is 5.90. The van der Waals surface area contributed by atoms with Gasteiger partial charge < -0.3 is 4.90 Å². The average molecular weight is 330 g/mol. The minimum atomic E-state index is -3.39. The average Bonchev–Trinajstić information content (AvgIpc) is 2.54. The second-order valence-corrected chi connectivity index (χ2v) is 7.98. The van der Waals surface area contributed by atoms with Crippen LogP contribution in [0.3, 0.4) is 0 Å². The maximum atomic E-state index is 12.9. The Kier molecular flexibility index (Phi) is 4.31. The van der Waals surface area contributed by atoms with E-state index in [0.29, 0.717) is 19.1 Å². The molecule has 1 heterocycles. The van der Waals surface area contributed by atoms with E-state index < -0.39 is 10.0 Å². The summed E-state index contributed by atoms with van der Waals surface area (Å²) in [4.78, 5) is 2.25. The summed E-state index contributed by atoms with van der Waals surface area (Å²) in [5, 5.41) is 0. The van der Waals surface area contributed by atoms with Gasteiger partial charge in [0.1, 0.15) is 0 Å². The van der Waals surface area contributed by atoms with E-state index in [0.717, 1.165) is 16.9 Å². The van der Waals surface area contributed by atoms with Crippen LogP contribution in [0.2, 0.25) is 0 Å². The highest BCUT2D eigenvalue weighted by Gasteiger charge is 2.31. The van der Waals surface area contributed by atoms with Crippen LogP contribution in [0.5, 0.6) is 0 Å². The first kappa shape index (κ1) is 15.9. The van der Waals surface area contributed by atoms with E-state index in [2.05, 4.69) is 18.7 Å². The Bertz CT molecular complexity index is 773. The number of benzene rings is 2. The fraction of sp³-hybridized carbons (Fsp3) is 0.333. The maximum Gasteiger partial charge on any atom is 0.239 e. The van der Waals surface area contributed by atoms with E-state index in [4.69, 9.17) is 0 Å². The fourth-order valence-electron chi connectivity index (χ4n) is 3.05. The third-order valence-electron chi connectivity index (χ3n) is 4.15. The van der Waals surface area contributed by atoms with Crippen molar-refractivity contribution in [1.29, 1.82) is 0 Å². The second kappa shape index (κ2) is 6.24. The van der Waals surface area contributed by atoms with Crippen molar-refractivity contribution in [1.82, 2.24) is 0 Å². The second-order valence-electron chi connectivity index (χ2n) is 6.09. The molecule has 0 spiro atoms. The van der Waals surface area contributed by atoms with Gasteiger partial charge in [-0.25, -0.2) is 8.42 Å². The number of hydrogen-bond donors (Lipinski definition) is 0. The zero-order valence-electron chi connectivity index (χ0n) is 13.5. The van der Waals surface area contributed by atoms with Gasteiger partial charge in [-0.05, 0) is 31.5 Å². The summed E-state index contributed by atoms with van der Waals surface area (Å²) in [5.74, 6) is 0.0316. The Labute approximate surface area is 138 Å².